The predicted molar refractivity (Wildman–Crippen MR) is 53.0 cm³/mol. The Morgan fingerprint density at radius 2 is 2.13 bits per heavy atom. The first kappa shape index (κ1) is 14.2. The first-order chi connectivity index (χ1) is 7.01. The van der Waals surface area contributed by atoms with Crippen molar-refractivity contribution in [2.75, 3.05) is 34.3 Å². The molecule has 90 valence electrons. The van der Waals surface area contributed by atoms with Crippen LogP contribution >= 0.6 is 0 Å². The van der Waals surface area contributed by atoms with Crippen molar-refractivity contribution < 1.29 is 18.3 Å². The van der Waals surface area contributed by atoms with Crippen LogP contribution in [0.1, 0.15) is 6.42 Å². The Kier molecular flexibility index (Phi) is 7.15. The van der Waals surface area contributed by atoms with Crippen molar-refractivity contribution in [2.45, 2.75) is 18.9 Å². The lowest BCUT2D eigenvalue weighted by Gasteiger charge is -2.19. The summed E-state index contributed by atoms with van der Waals surface area (Å²) in [5.74, 6) is -0.372. The van der Waals surface area contributed by atoms with Gasteiger partial charge in [0.2, 0.25) is 0 Å². The molecule has 0 aromatic carbocycles. The van der Waals surface area contributed by atoms with Gasteiger partial charge in [-0.1, -0.05) is 0 Å². The molecule has 1 atom stereocenters. The zero-order valence-electron chi connectivity index (χ0n) is 9.30. The molecule has 15 heavy (non-hydrogen) atoms. The lowest BCUT2D eigenvalue weighted by molar-refractivity contribution is -0.143. The predicted octanol–water partition coefficient (Wildman–Crippen LogP) is 0.334. The van der Waals surface area contributed by atoms with E-state index in [0.29, 0.717) is 13.0 Å². The van der Waals surface area contributed by atoms with E-state index in [9.17, 15) is 13.6 Å². The fraction of sp³-hybridized carbons (Fsp3) is 0.889. The number of hydrogen-bond donors (Lipinski definition) is 1. The number of carbonyl (C=O) groups is 1. The third-order valence-electron chi connectivity index (χ3n) is 2.08. The van der Waals surface area contributed by atoms with Crippen LogP contribution in [0.15, 0.2) is 0 Å². The second-order valence-corrected chi connectivity index (χ2v) is 3.31. The number of halogens is 2. The quantitative estimate of drug-likeness (QED) is 0.633. The highest BCUT2D eigenvalue weighted by Crippen LogP contribution is 2.00. The molecular formula is C9H18F2N2O2. The minimum Gasteiger partial charge on any atom is -0.468 e. The molecule has 1 unspecified atom stereocenters. The van der Waals surface area contributed by atoms with Gasteiger partial charge in [0, 0.05) is 6.54 Å². The summed E-state index contributed by atoms with van der Waals surface area (Å²) < 4.78 is 28.5. The number of rotatable bonds is 7. The first-order valence-corrected chi connectivity index (χ1v) is 4.73. The topological polar surface area (TPSA) is 41.6 Å². The van der Waals surface area contributed by atoms with Gasteiger partial charge < -0.3 is 15.0 Å². The number of alkyl halides is 2. The van der Waals surface area contributed by atoms with Crippen LogP contribution in [-0.4, -0.2) is 57.6 Å². The normalized spacial score (nSPS) is 13.3. The van der Waals surface area contributed by atoms with Gasteiger partial charge in [0.25, 0.3) is 6.43 Å². The molecule has 0 aliphatic carbocycles. The molecule has 0 amide bonds. The van der Waals surface area contributed by atoms with E-state index >= 15 is 0 Å². The van der Waals surface area contributed by atoms with Crippen LogP contribution in [0.3, 0.4) is 0 Å². The molecule has 0 spiro atoms. The Hall–Kier alpha value is -0.750. The Labute approximate surface area is 88.6 Å². The van der Waals surface area contributed by atoms with Crippen LogP contribution < -0.4 is 5.32 Å². The van der Waals surface area contributed by atoms with E-state index in [1.807, 2.05) is 0 Å². The Morgan fingerprint density at radius 1 is 1.53 bits per heavy atom. The molecule has 0 aliphatic heterocycles. The largest absolute Gasteiger partial charge is 0.468 e. The van der Waals surface area contributed by atoms with Gasteiger partial charge in [-0.15, -0.1) is 0 Å². The molecule has 0 heterocycles. The van der Waals surface area contributed by atoms with Crippen molar-refractivity contribution in [3.05, 3.63) is 0 Å². The molecule has 0 fully saturated rings. The summed E-state index contributed by atoms with van der Waals surface area (Å²) in [5, 5.41) is 2.77. The maximum Gasteiger partial charge on any atom is 0.322 e. The van der Waals surface area contributed by atoms with Crippen LogP contribution in [0.2, 0.25) is 0 Å². The van der Waals surface area contributed by atoms with E-state index in [4.69, 9.17) is 0 Å². The summed E-state index contributed by atoms with van der Waals surface area (Å²) in [6, 6.07) is -0.435. The highest BCUT2D eigenvalue weighted by Gasteiger charge is 2.17. The van der Waals surface area contributed by atoms with Crippen molar-refractivity contribution in [2.24, 2.45) is 0 Å². The fourth-order valence-corrected chi connectivity index (χ4v) is 1.20. The van der Waals surface area contributed by atoms with Crippen LogP contribution in [0.5, 0.6) is 0 Å². The number of carbonyl (C=O) groups excluding carboxylic acids is 1. The zero-order chi connectivity index (χ0) is 11.8. The number of nitrogens with zero attached hydrogens (tertiary/aromatic N) is 1. The Morgan fingerprint density at radius 3 is 2.53 bits per heavy atom. The van der Waals surface area contributed by atoms with Gasteiger partial charge in [-0.05, 0) is 20.5 Å². The Balaban J connectivity index is 3.84. The molecule has 0 radical (unpaired) electrons. The molecule has 0 bridgehead atoms. The van der Waals surface area contributed by atoms with Crippen LogP contribution in [0, 0.1) is 0 Å². The van der Waals surface area contributed by atoms with Gasteiger partial charge >= 0.3 is 5.97 Å². The molecular weight excluding hydrogens is 206 g/mol. The summed E-state index contributed by atoms with van der Waals surface area (Å²) >= 11 is 0. The number of hydrogen-bond acceptors (Lipinski definition) is 4. The molecule has 6 heteroatoms. The molecule has 0 aliphatic rings. The molecule has 0 aromatic rings. The second kappa shape index (κ2) is 7.53. The molecule has 4 nitrogen and oxygen atoms in total. The lowest BCUT2D eigenvalue weighted by Crippen LogP contribution is -2.38. The van der Waals surface area contributed by atoms with E-state index in [-0.39, 0.29) is 12.5 Å². The summed E-state index contributed by atoms with van der Waals surface area (Å²) in [4.78, 5) is 12.6. The second-order valence-electron chi connectivity index (χ2n) is 3.31. The summed E-state index contributed by atoms with van der Waals surface area (Å²) in [5.41, 5.74) is 0. The molecule has 0 rings (SSSR count). The maximum absolute atomic E-state index is 12.0. The SMILES string of the molecule is CNC(CCN(C)CC(F)F)C(=O)OC. The smallest absolute Gasteiger partial charge is 0.322 e. The van der Waals surface area contributed by atoms with E-state index in [0.717, 1.165) is 0 Å². The van der Waals surface area contributed by atoms with Gasteiger partial charge in [-0.3, -0.25) is 4.79 Å². The monoisotopic (exact) mass is 224 g/mol. The summed E-state index contributed by atoms with van der Waals surface area (Å²) in [6.07, 6.45) is -1.90. The van der Waals surface area contributed by atoms with Crippen molar-refractivity contribution in [1.82, 2.24) is 10.2 Å². The summed E-state index contributed by atoms with van der Waals surface area (Å²) in [6.45, 7) is 0.141. The highest BCUT2D eigenvalue weighted by molar-refractivity contribution is 5.75. The molecule has 0 saturated heterocycles. The van der Waals surface area contributed by atoms with Crippen LogP contribution in [-0.2, 0) is 9.53 Å². The minimum atomic E-state index is -2.35. The number of nitrogens with one attached hydrogen (secondary N) is 1. The van der Waals surface area contributed by atoms with E-state index < -0.39 is 12.5 Å². The average molecular weight is 224 g/mol. The number of esters is 1. The van der Waals surface area contributed by atoms with Gasteiger partial charge in [-0.25, -0.2) is 8.78 Å². The molecule has 0 saturated carbocycles. The van der Waals surface area contributed by atoms with Crippen LogP contribution in [0.4, 0.5) is 8.78 Å². The number of methoxy groups -OCH3 is 1. The zero-order valence-corrected chi connectivity index (χ0v) is 9.30. The van der Waals surface area contributed by atoms with E-state index in [2.05, 4.69) is 10.1 Å². The standard InChI is InChI=1S/C9H18F2N2O2/c1-12-7(9(14)15-3)4-5-13(2)6-8(10)11/h7-8,12H,4-6H2,1-3H3. The third kappa shape index (κ3) is 6.35. The highest BCUT2D eigenvalue weighted by atomic mass is 19.3. The average Bonchev–Trinajstić information content (AvgIpc) is 2.17. The maximum atomic E-state index is 12.0. The summed E-state index contributed by atoms with van der Waals surface area (Å²) in [7, 11) is 4.53. The van der Waals surface area contributed by atoms with E-state index in [1.54, 1.807) is 14.1 Å². The Bertz CT molecular complexity index is 191. The van der Waals surface area contributed by atoms with Gasteiger partial charge in [-0.2, -0.15) is 0 Å². The molecule has 0 aromatic heterocycles. The first-order valence-electron chi connectivity index (χ1n) is 4.73. The fourth-order valence-electron chi connectivity index (χ4n) is 1.20. The van der Waals surface area contributed by atoms with Gasteiger partial charge in [0.05, 0.1) is 13.7 Å². The van der Waals surface area contributed by atoms with Crippen molar-refractivity contribution in [3.63, 3.8) is 0 Å². The van der Waals surface area contributed by atoms with Crippen molar-refractivity contribution >= 4 is 5.97 Å². The lowest BCUT2D eigenvalue weighted by atomic mass is 10.2. The van der Waals surface area contributed by atoms with Crippen molar-refractivity contribution in [3.8, 4) is 0 Å². The van der Waals surface area contributed by atoms with E-state index in [1.165, 1.54) is 12.0 Å². The molecule has 1 N–H and O–H groups in total. The van der Waals surface area contributed by atoms with Gasteiger partial charge in [0.15, 0.2) is 0 Å². The minimum absolute atomic E-state index is 0.280. The third-order valence-corrected chi connectivity index (χ3v) is 2.08. The van der Waals surface area contributed by atoms with Gasteiger partial charge in [0.1, 0.15) is 6.04 Å². The van der Waals surface area contributed by atoms with Crippen molar-refractivity contribution in [1.29, 1.82) is 0 Å². The van der Waals surface area contributed by atoms with Crippen LogP contribution in [0.25, 0.3) is 0 Å². The number of likely N-dealkylation sites (N-methyl/N-ethyl adjacent to an activating group) is 1. The number of ether oxygens (including phenoxy) is 1.